The number of unbranched alkanes of at least 4 members (excludes halogenated alkanes) is 3. The van der Waals surface area contributed by atoms with Gasteiger partial charge in [0, 0.05) is 16.7 Å². The number of esters is 1. The first kappa shape index (κ1) is 20.9. The smallest absolute Gasteiger partial charge is 0.335 e. The monoisotopic (exact) mass is 422 g/mol. The Hall–Kier alpha value is -1.02. The number of ether oxygens (including phenoxy) is 3. The van der Waals surface area contributed by atoms with E-state index in [1.54, 1.807) is 0 Å². The summed E-state index contributed by atoms with van der Waals surface area (Å²) in [7, 11) is 0. The Balaban J connectivity index is 1.40. The van der Waals surface area contributed by atoms with Crippen molar-refractivity contribution in [2.45, 2.75) is 102 Å². The molecule has 5 aliphatic rings. The quantitative estimate of drug-likeness (QED) is 0.366. The maximum absolute atomic E-state index is 12.9. The Morgan fingerprint density at radius 1 is 1.27 bits per heavy atom. The van der Waals surface area contributed by atoms with Crippen LogP contribution >= 0.6 is 0 Å². The number of rotatable bonds is 7. The predicted molar refractivity (Wildman–Crippen MR) is 105 cm³/mol. The number of Topliss-reactive ketones (excluding diaryl/α,β-unsaturated/α-hetero) is 1. The molecule has 2 heterocycles. The van der Waals surface area contributed by atoms with Crippen LogP contribution in [0.1, 0.15) is 66.2 Å². The molecule has 3 aliphatic carbocycles. The van der Waals surface area contributed by atoms with E-state index in [0.29, 0.717) is 19.4 Å². The normalized spacial score (nSPS) is 50.2. The summed E-state index contributed by atoms with van der Waals surface area (Å²) in [4.78, 5) is 25.7. The topological polar surface area (TPSA) is 109 Å². The van der Waals surface area contributed by atoms with Gasteiger partial charge < -0.3 is 24.4 Å². The van der Waals surface area contributed by atoms with Crippen LogP contribution in [0, 0.1) is 22.7 Å². The number of fused-ring (bicyclic) bond motifs is 3. The predicted octanol–water partition coefficient (Wildman–Crippen LogP) is 1.76. The van der Waals surface area contributed by atoms with Crippen molar-refractivity contribution in [2.75, 3.05) is 6.61 Å². The van der Waals surface area contributed by atoms with Gasteiger partial charge >= 0.3 is 5.97 Å². The Morgan fingerprint density at radius 2 is 1.97 bits per heavy atom. The van der Waals surface area contributed by atoms with E-state index in [-0.39, 0.29) is 23.0 Å². The first-order valence-electron chi connectivity index (χ1n) is 11.5. The minimum atomic E-state index is -1.15. The molecule has 0 bridgehead atoms. The third-order valence-corrected chi connectivity index (χ3v) is 9.04. The van der Waals surface area contributed by atoms with Gasteiger partial charge in [0.05, 0.1) is 12.7 Å². The highest BCUT2D eigenvalue weighted by Crippen LogP contribution is 2.81. The lowest BCUT2D eigenvalue weighted by atomic mass is 9.65. The number of carbonyl (C=O) groups excluding carboxylic acids is 2. The zero-order valence-electron chi connectivity index (χ0n) is 18.3. The largest absolute Gasteiger partial charge is 0.460 e. The number of hydrogen-bond donors (Lipinski definition) is 2. The minimum absolute atomic E-state index is 0.0757. The van der Waals surface area contributed by atoms with Gasteiger partial charge in [-0.3, -0.25) is 4.79 Å². The maximum atomic E-state index is 12.9. The van der Waals surface area contributed by atoms with E-state index in [4.69, 9.17) is 14.2 Å². The van der Waals surface area contributed by atoms with Gasteiger partial charge in [0.25, 0.3) is 0 Å². The van der Waals surface area contributed by atoms with Gasteiger partial charge in [-0.25, -0.2) is 4.79 Å². The highest BCUT2D eigenvalue weighted by atomic mass is 16.7. The molecule has 0 aromatic rings. The molecule has 9 atom stereocenters. The van der Waals surface area contributed by atoms with Crippen LogP contribution in [-0.2, 0) is 23.8 Å². The lowest BCUT2D eigenvalue weighted by Crippen LogP contribution is -2.53. The number of hydrogen-bond acceptors (Lipinski definition) is 7. The van der Waals surface area contributed by atoms with E-state index in [0.717, 1.165) is 25.7 Å². The van der Waals surface area contributed by atoms with Gasteiger partial charge in [0.15, 0.2) is 23.6 Å². The van der Waals surface area contributed by atoms with E-state index in [1.165, 1.54) is 0 Å². The molecule has 2 N–H and O–H groups in total. The van der Waals surface area contributed by atoms with Crippen molar-refractivity contribution < 1.29 is 34.0 Å². The fourth-order valence-corrected chi connectivity index (χ4v) is 7.40. The van der Waals surface area contributed by atoms with Crippen LogP contribution in [0.25, 0.3) is 0 Å². The highest BCUT2D eigenvalue weighted by molar-refractivity contribution is 6.02. The van der Waals surface area contributed by atoms with Gasteiger partial charge in [0.2, 0.25) is 0 Å². The van der Waals surface area contributed by atoms with E-state index >= 15 is 0 Å². The van der Waals surface area contributed by atoms with Crippen LogP contribution in [0.4, 0.5) is 0 Å². The first-order chi connectivity index (χ1) is 14.1. The lowest BCUT2D eigenvalue weighted by molar-refractivity contribution is -0.172. The summed E-state index contributed by atoms with van der Waals surface area (Å²) in [5.74, 6) is -1.07. The molecule has 0 aromatic heterocycles. The summed E-state index contributed by atoms with van der Waals surface area (Å²) in [5.41, 5.74) is -2.97. The Labute approximate surface area is 177 Å². The summed E-state index contributed by atoms with van der Waals surface area (Å²) < 4.78 is 17.6. The van der Waals surface area contributed by atoms with Crippen LogP contribution in [0.3, 0.4) is 0 Å². The second-order valence-electron chi connectivity index (χ2n) is 11.0. The summed E-state index contributed by atoms with van der Waals surface area (Å²) in [6, 6.07) is 0. The summed E-state index contributed by atoms with van der Waals surface area (Å²) in [6.45, 7) is 8.48. The Kier molecular flexibility index (Phi) is 4.36. The average molecular weight is 423 g/mol. The molecular formula is C23H34O7. The van der Waals surface area contributed by atoms with Crippen molar-refractivity contribution in [3.05, 3.63) is 0 Å². The van der Waals surface area contributed by atoms with Crippen molar-refractivity contribution in [2.24, 2.45) is 22.7 Å². The summed E-state index contributed by atoms with van der Waals surface area (Å²) >= 11 is 0. The van der Waals surface area contributed by atoms with Crippen LogP contribution < -0.4 is 0 Å². The lowest BCUT2D eigenvalue weighted by Gasteiger charge is -2.41. The highest BCUT2D eigenvalue weighted by Gasteiger charge is 2.97. The van der Waals surface area contributed by atoms with Gasteiger partial charge in [0.1, 0.15) is 11.7 Å². The Morgan fingerprint density at radius 3 is 2.60 bits per heavy atom. The fraction of sp³-hybridized carbons (Fsp3) is 0.913. The van der Waals surface area contributed by atoms with Crippen molar-refractivity contribution in [1.82, 2.24) is 0 Å². The number of aliphatic hydroxyl groups is 2. The second-order valence-corrected chi connectivity index (χ2v) is 11.0. The molecule has 7 nitrogen and oxygen atoms in total. The van der Waals surface area contributed by atoms with Crippen molar-refractivity contribution in [3.8, 4) is 0 Å². The standard InChI is InChI=1S/C23H34O7/c1-5-6-7-8-9-13(24)19(27)29-17-14-12(10-20(17,2)3)15(25)23-18(30-23)16(26)22(11-28-22)21(14,23)4/h12-15,17-18,24-25H,5-11H2,1-4H3. The van der Waals surface area contributed by atoms with Crippen molar-refractivity contribution >= 4 is 11.8 Å². The molecule has 168 valence electrons. The number of carbonyl (C=O) groups is 2. The zero-order valence-corrected chi connectivity index (χ0v) is 18.3. The SMILES string of the molecule is CCCCCCC(O)C(=O)OC1C2C(CC1(C)C)C(O)C13OC1C(=O)C1(CO1)C23C. The van der Waals surface area contributed by atoms with Crippen molar-refractivity contribution in [3.63, 3.8) is 0 Å². The van der Waals surface area contributed by atoms with Gasteiger partial charge in [-0.2, -0.15) is 0 Å². The first-order valence-corrected chi connectivity index (χ1v) is 11.5. The van der Waals surface area contributed by atoms with E-state index in [9.17, 15) is 19.8 Å². The third kappa shape index (κ3) is 2.25. The molecule has 7 heteroatoms. The number of epoxide rings is 2. The summed E-state index contributed by atoms with van der Waals surface area (Å²) in [5, 5.41) is 21.6. The molecule has 9 unspecified atom stereocenters. The van der Waals surface area contributed by atoms with Crippen LogP contribution in [-0.4, -0.2) is 64.2 Å². The molecule has 0 amide bonds. The van der Waals surface area contributed by atoms with Gasteiger partial charge in [-0.15, -0.1) is 0 Å². The molecule has 30 heavy (non-hydrogen) atoms. The third-order valence-electron chi connectivity index (χ3n) is 9.04. The maximum Gasteiger partial charge on any atom is 0.335 e. The molecule has 0 radical (unpaired) electrons. The molecule has 2 spiro atoms. The van der Waals surface area contributed by atoms with Crippen LogP contribution in [0.5, 0.6) is 0 Å². The second kappa shape index (κ2) is 6.27. The number of ketones is 1. The van der Waals surface area contributed by atoms with E-state index in [2.05, 4.69) is 6.92 Å². The van der Waals surface area contributed by atoms with Gasteiger partial charge in [-0.05, 0) is 18.8 Å². The van der Waals surface area contributed by atoms with Gasteiger partial charge in [-0.1, -0.05) is 53.4 Å². The molecule has 5 rings (SSSR count). The zero-order chi connectivity index (χ0) is 21.7. The van der Waals surface area contributed by atoms with E-state index in [1.807, 2.05) is 20.8 Å². The Bertz CT molecular complexity index is 774. The molecule has 3 saturated carbocycles. The fourth-order valence-electron chi connectivity index (χ4n) is 7.40. The van der Waals surface area contributed by atoms with Crippen molar-refractivity contribution in [1.29, 1.82) is 0 Å². The number of aliphatic hydroxyl groups excluding tert-OH is 2. The molecule has 5 fully saturated rings. The molecule has 2 aliphatic heterocycles. The van der Waals surface area contributed by atoms with Crippen LogP contribution in [0.2, 0.25) is 0 Å². The average Bonchev–Trinajstić information content (AvgIpc) is 3.58. The molecule has 2 saturated heterocycles. The summed E-state index contributed by atoms with van der Waals surface area (Å²) in [6.07, 6.45) is 1.93. The molecular weight excluding hydrogens is 388 g/mol. The van der Waals surface area contributed by atoms with E-state index < -0.39 is 47.0 Å². The minimum Gasteiger partial charge on any atom is -0.460 e. The molecule has 0 aromatic carbocycles. The van der Waals surface area contributed by atoms with Crippen LogP contribution in [0.15, 0.2) is 0 Å².